The Morgan fingerprint density at radius 3 is 2.55 bits per heavy atom. The van der Waals surface area contributed by atoms with Crippen molar-refractivity contribution in [3.8, 4) is 5.75 Å². The van der Waals surface area contributed by atoms with Gasteiger partial charge in [0.2, 0.25) is 0 Å². The number of hydrogen-bond acceptors (Lipinski definition) is 2. The summed E-state index contributed by atoms with van der Waals surface area (Å²) >= 11 is 3.78. The standard InChI is InChI=1S/C7H6F2OS/c8-5-1-4(3-11)7(10)6(9)2-5/h1-2,10-11H,3H2. The first-order valence-corrected chi connectivity index (χ1v) is 3.56. The van der Waals surface area contributed by atoms with Gasteiger partial charge >= 0.3 is 0 Å². The van der Waals surface area contributed by atoms with Gasteiger partial charge < -0.3 is 5.11 Å². The van der Waals surface area contributed by atoms with Crippen LogP contribution in [0.3, 0.4) is 0 Å². The number of benzene rings is 1. The van der Waals surface area contributed by atoms with Crippen LogP contribution in [0.5, 0.6) is 5.75 Å². The van der Waals surface area contributed by atoms with E-state index in [2.05, 4.69) is 12.6 Å². The van der Waals surface area contributed by atoms with Crippen molar-refractivity contribution in [1.82, 2.24) is 0 Å². The monoisotopic (exact) mass is 176 g/mol. The van der Waals surface area contributed by atoms with Crippen LogP contribution in [0.1, 0.15) is 5.56 Å². The van der Waals surface area contributed by atoms with Crippen molar-refractivity contribution < 1.29 is 13.9 Å². The number of aromatic hydroxyl groups is 1. The zero-order valence-corrected chi connectivity index (χ0v) is 6.41. The Kier molecular flexibility index (Phi) is 2.34. The second-order valence-corrected chi connectivity index (χ2v) is 2.37. The van der Waals surface area contributed by atoms with Crippen molar-refractivity contribution in [2.45, 2.75) is 5.75 Å². The Bertz CT molecular complexity index is 275. The molecule has 1 N–H and O–H groups in total. The number of thiol groups is 1. The third-order valence-corrected chi connectivity index (χ3v) is 1.62. The van der Waals surface area contributed by atoms with Gasteiger partial charge in [0.05, 0.1) is 0 Å². The summed E-state index contributed by atoms with van der Waals surface area (Å²) in [6.45, 7) is 0. The highest BCUT2D eigenvalue weighted by molar-refractivity contribution is 7.79. The molecule has 0 amide bonds. The van der Waals surface area contributed by atoms with E-state index in [1.807, 2.05) is 0 Å². The molecule has 11 heavy (non-hydrogen) atoms. The van der Waals surface area contributed by atoms with Crippen LogP contribution in [-0.2, 0) is 5.75 Å². The van der Waals surface area contributed by atoms with E-state index in [4.69, 9.17) is 5.11 Å². The summed E-state index contributed by atoms with van der Waals surface area (Å²) in [5.41, 5.74) is 0.158. The van der Waals surface area contributed by atoms with Gasteiger partial charge in [-0.1, -0.05) is 0 Å². The lowest BCUT2D eigenvalue weighted by atomic mass is 10.2. The molecule has 0 spiro atoms. The quantitative estimate of drug-likeness (QED) is 0.628. The molecule has 1 rings (SSSR count). The number of halogens is 2. The summed E-state index contributed by atoms with van der Waals surface area (Å²) in [7, 11) is 0. The molecule has 0 aliphatic rings. The van der Waals surface area contributed by atoms with Gasteiger partial charge in [-0.2, -0.15) is 12.6 Å². The molecule has 0 heterocycles. The highest BCUT2D eigenvalue weighted by Crippen LogP contribution is 2.23. The van der Waals surface area contributed by atoms with Gasteiger partial charge in [0.1, 0.15) is 5.82 Å². The van der Waals surface area contributed by atoms with E-state index in [1.54, 1.807) is 0 Å². The maximum atomic E-state index is 12.5. The van der Waals surface area contributed by atoms with Gasteiger partial charge in [0, 0.05) is 17.4 Å². The van der Waals surface area contributed by atoms with Gasteiger partial charge in [0.25, 0.3) is 0 Å². The van der Waals surface area contributed by atoms with Crippen LogP contribution in [-0.4, -0.2) is 5.11 Å². The normalized spacial score (nSPS) is 10.1. The van der Waals surface area contributed by atoms with Crippen LogP contribution in [0.25, 0.3) is 0 Å². The second-order valence-electron chi connectivity index (χ2n) is 2.05. The molecule has 0 aromatic heterocycles. The highest BCUT2D eigenvalue weighted by atomic mass is 32.1. The zero-order chi connectivity index (χ0) is 8.43. The van der Waals surface area contributed by atoms with E-state index in [0.29, 0.717) is 6.07 Å². The molecule has 0 fully saturated rings. The summed E-state index contributed by atoms with van der Waals surface area (Å²) in [6.07, 6.45) is 0. The van der Waals surface area contributed by atoms with Crippen molar-refractivity contribution in [1.29, 1.82) is 0 Å². The summed E-state index contributed by atoms with van der Waals surface area (Å²) in [4.78, 5) is 0. The van der Waals surface area contributed by atoms with Crippen molar-refractivity contribution in [2.24, 2.45) is 0 Å². The average molecular weight is 176 g/mol. The molecule has 1 aromatic carbocycles. The first kappa shape index (κ1) is 8.33. The van der Waals surface area contributed by atoms with Crippen molar-refractivity contribution in [2.75, 3.05) is 0 Å². The minimum absolute atomic E-state index is 0.112. The average Bonchev–Trinajstić information content (AvgIpc) is 1.96. The Hall–Kier alpha value is -0.770. The molecule has 0 radical (unpaired) electrons. The summed E-state index contributed by atoms with van der Waals surface area (Å²) < 4.78 is 24.9. The predicted octanol–water partition coefficient (Wildman–Crippen LogP) is 2.10. The lowest BCUT2D eigenvalue weighted by Crippen LogP contribution is -1.87. The molecule has 60 valence electrons. The second kappa shape index (κ2) is 3.09. The predicted molar refractivity (Wildman–Crippen MR) is 40.7 cm³/mol. The molecule has 0 aliphatic carbocycles. The molecular weight excluding hydrogens is 170 g/mol. The van der Waals surface area contributed by atoms with Gasteiger partial charge in [-0.3, -0.25) is 0 Å². The minimum atomic E-state index is -0.950. The van der Waals surface area contributed by atoms with Gasteiger partial charge in [-0.05, 0) is 6.07 Å². The lowest BCUT2D eigenvalue weighted by molar-refractivity contribution is 0.423. The first-order chi connectivity index (χ1) is 5.15. The van der Waals surface area contributed by atoms with Crippen LogP contribution >= 0.6 is 12.6 Å². The molecule has 0 atom stereocenters. The van der Waals surface area contributed by atoms with Crippen molar-refractivity contribution >= 4 is 12.6 Å². The van der Waals surface area contributed by atoms with E-state index >= 15 is 0 Å². The number of phenolic OH excluding ortho intramolecular Hbond substituents is 1. The lowest BCUT2D eigenvalue weighted by Gasteiger charge is -2.01. The fourth-order valence-corrected chi connectivity index (χ4v) is 0.981. The largest absolute Gasteiger partial charge is 0.505 e. The summed E-state index contributed by atoms with van der Waals surface area (Å²) in [5.74, 6) is -2.07. The molecule has 0 saturated heterocycles. The van der Waals surface area contributed by atoms with Gasteiger partial charge in [-0.25, -0.2) is 8.78 Å². The fraction of sp³-hybridized carbons (Fsp3) is 0.143. The number of hydrogen-bond donors (Lipinski definition) is 2. The van der Waals surface area contributed by atoms with E-state index < -0.39 is 17.4 Å². The first-order valence-electron chi connectivity index (χ1n) is 2.93. The molecule has 4 heteroatoms. The number of rotatable bonds is 1. The Morgan fingerprint density at radius 1 is 1.36 bits per heavy atom. The van der Waals surface area contributed by atoms with E-state index in [-0.39, 0.29) is 11.3 Å². The summed E-state index contributed by atoms with van der Waals surface area (Å²) in [5, 5.41) is 8.93. The van der Waals surface area contributed by atoms with Crippen LogP contribution in [0.4, 0.5) is 8.78 Å². The Balaban J connectivity index is 3.24. The van der Waals surface area contributed by atoms with Crippen LogP contribution in [0, 0.1) is 11.6 Å². The van der Waals surface area contributed by atoms with Crippen molar-refractivity contribution in [3.63, 3.8) is 0 Å². The van der Waals surface area contributed by atoms with E-state index in [1.165, 1.54) is 0 Å². The third kappa shape index (κ3) is 1.63. The van der Waals surface area contributed by atoms with E-state index in [9.17, 15) is 8.78 Å². The van der Waals surface area contributed by atoms with Crippen LogP contribution in [0.2, 0.25) is 0 Å². The van der Waals surface area contributed by atoms with E-state index in [0.717, 1.165) is 6.07 Å². The Morgan fingerprint density at radius 2 is 2.00 bits per heavy atom. The van der Waals surface area contributed by atoms with Gasteiger partial charge in [-0.15, -0.1) is 0 Å². The van der Waals surface area contributed by atoms with Crippen LogP contribution < -0.4 is 0 Å². The number of phenols is 1. The molecule has 1 aromatic rings. The summed E-state index contributed by atoms with van der Waals surface area (Å²) in [6, 6.07) is 1.67. The maximum Gasteiger partial charge on any atom is 0.168 e. The molecule has 0 saturated carbocycles. The topological polar surface area (TPSA) is 20.2 Å². The smallest absolute Gasteiger partial charge is 0.168 e. The molecule has 0 bridgehead atoms. The molecule has 0 aliphatic heterocycles. The zero-order valence-electron chi connectivity index (χ0n) is 5.51. The highest BCUT2D eigenvalue weighted by Gasteiger charge is 2.07. The molecule has 1 nitrogen and oxygen atoms in total. The third-order valence-electron chi connectivity index (χ3n) is 1.28. The fourth-order valence-electron chi connectivity index (χ4n) is 0.740. The molecule has 0 unspecified atom stereocenters. The van der Waals surface area contributed by atoms with Crippen LogP contribution in [0.15, 0.2) is 12.1 Å². The SMILES string of the molecule is Oc1c(F)cc(F)cc1CS. The molecular formula is C7H6F2OS. The minimum Gasteiger partial charge on any atom is -0.505 e. The maximum absolute atomic E-state index is 12.5. The van der Waals surface area contributed by atoms with Crippen molar-refractivity contribution in [3.05, 3.63) is 29.3 Å². The Labute approximate surface area is 68.1 Å². The van der Waals surface area contributed by atoms with Gasteiger partial charge in [0.15, 0.2) is 11.6 Å².